The predicted molar refractivity (Wildman–Crippen MR) is 130 cm³/mol. The highest BCUT2D eigenvalue weighted by atomic mass is 35.5. The topological polar surface area (TPSA) is 70.2 Å². The molecule has 2 aromatic carbocycles. The normalized spacial score (nSPS) is 18.5. The number of benzene rings is 2. The summed E-state index contributed by atoms with van der Waals surface area (Å²) in [6.45, 7) is 3.09. The lowest BCUT2D eigenvalue weighted by Crippen LogP contribution is -2.54. The van der Waals surface area contributed by atoms with Crippen LogP contribution in [0.25, 0.3) is 0 Å². The van der Waals surface area contributed by atoms with Crippen LogP contribution in [-0.2, 0) is 20.8 Å². The second-order valence-corrected chi connectivity index (χ2v) is 9.23. The molecular weight excluding hydrogens is 454 g/mol. The summed E-state index contributed by atoms with van der Waals surface area (Å²) in [7, 11) is 0. The summed E-state index contributed by atoms with van der Waals surface area (Å²) in [5.41, 5.74) is 0.988. The summed E-state index contributed by atoms with van der Waals surface area (Å²) >= 11 is 5.87. The van der Waals surface area contributed by atoms with Gasteiger partial charge in [-0.1, -0.05) is 41.9 Å². The van der Waals surface area contributed by atoms with Gasteiger partial charge in [-0.15, -0.1) is 0 Å². The second kappa shape index (κ2) is 11.4. The first-order chi connectivity index (χ1) is 16.5. The van der Waals surface area contributed by atoms with Gasteiger partial charge in [0.25, 0.3) is 5.91 Å². The maximum absolute atomic E-state index is 13.1. The van der Waals surface area contributed by atoms with E-state index >= 15 is 0 Å². The Bertz CT molecular complexity index is 991. The number of hydrogen-bond acceptors (Lipinski definition) is 4. The van der Waals surface area contributed by atoms with E-state index in [0.717, 1.165) is 18.4 Å². The number of ether oxygens (including phenoxy) is 1. The molecular formula is C26H30ClN3O4. The monoisotopic (exact) mass is 483 g/mol. The van der Waals surface area contributed by atoms with Crippen LogP contribution in [0.15, 0.2) is 54.6 Å². The van der Waals surface area contributed by atoms with Crippen LogP contribution in [0.4, 0.5) is 0 Å². The average Bonchev–Trinajstić information content (AvgIpc) is 2.88. The molecule has 1 unspecified atom stereocenters. The summed E-state index contributed by atoms with van der Waals surface area (Å²) in [6.07, 6.45) is 1.99. The quantitative estimate of drug-likeness (QED) is 0.633. The number of halogens is 1. The van der Waals surface area contributed by atoms with Gasteiger partial charge in [-0.25, -0.2) is 0 Å². The van der Waals surface area contributed by atoms with E-state index in [-0.39, 0.29) is 30.2 Å². The van der Waals surface area contributed by atoms with Crippen molar-refractivity contribution in [3.05, 3.63) is 65.2 Å². The van der Waals surface area contributed by atoms with E-state index in [1.807, 2.05) is 40.1 Å². The van der Waals surface area contributed by atoms with Crippen LogP contribution in [-0.4, -0.2) is 78.3 Å². The van der Waals surface area contributed by atoms with Gasteiger partial charge in [0.2, 0.25) is 11.8 Å². The minimum atomic E-state index is -0.177. The molecule has 2 aliphatic heterocycles. The average molecular weight is 484 g/mol. The standard InChI is InChI=1S/C26H30ClN3O4/c27-22-8-10-23(11-9-22)34-19-25(32)28-13-15-29(16-14-28)26(33)21-7-4-12-30(18-21)24(31)17-20-5-2-1-3-6-20/h1-3,5-6,8-11,21H,4,7,12-19H2. The molecule has 0 spiro atoms. The second-order valence-electron chi connectivity index (χ2n) is 8.79. The molecule has 0 radical (unpaired) electrons. The number of amides is 3. The molecule has 0 N–H and O–H groups in total. The number of hydrogen-bond donors (Lipinski definition) is 0. The molecule has 0 bridgehead atoms. The third-order valence-electron chi connectivity index (χ3n) is 6.44. The fraction of sp³-hybridized carbons (Fsp3) is 0.423. The largest absolute Gasteiger partial charge is 0.484 e. The zero-order valence-electron chi connectivity index (χ0n) is 19.2. The number of piperazine rings is 1. The van der Waals surface area contributed by atoms with E-state index in [4.69, 9.17) is 16.3 Å². The van der Waals surface area contributed by atoms with Crippen molar-refractivity contribution in [3.8, 4) is 5.75 Å². The first kappa shape index (κ1) is 24.1. The number of piperidine rings is 1. The van der Waals surface area contributed by atoms with Gasteiger partial charge < -0.3 is 19.4 Å². The Morgan fingerprint density at radius 2 is 1.50 bits per heavy atom. The van der Waals surface area contributed by atoms with E-state index in [1.54, 1.807) is 29.2 Å². The molecule has 2 fully saturated rings. The number of nitrogens with zero attached hydrogens (tertiary/aromatic N) is 3. The van der Waals surface area contributed by atoms with Gasteiger partial charge in [0.15, 0.2) is 6.61 Å². The molecule has 2 aliphatic rings. The van der Waals surface area contributed by atoms with Gasteiger partial charge >= 0.3 is 0 Å². The zero-order valence-corrected chi connectivity index (χ0v) is 20.0. The number of likely N-dealkylation sites (tertiary alicyclic amines) is 1. The molecule has 0 aliphatic carbocycles. The van der Waals surface area contributed by atoms with Gasteiger partial charge in [-0.3, -0.25) is 14.4 Å². The van der Waals surface area contributed by atoms with Crippen molar-refractivity contribution in [3.63, 3.8) is 0 Å². The van der Waals surface area contributed by atoms with Crippen LogP contribution < -0.4 is 4.74 Å². The van der Waals surface area contributed by atoms with E-state index in [1.165, 1.54) is 0 Å². The first-order valence-corrected chi connectivity index (χ1v) is 12.1. The van der Waals surface area contributed by atoms with Crippen LogP contribution in [0.2, 0.25) is 5.02 Å². The highest BCUT2D eigenvalue weighted by Gasteiger charge is 2.33. The van der Waals surface area contributed by atoms with Crippen LogP contribution >= 0.6 is 11.6 Å². The Hall–Kier alpha value is -3.06. The Morgan fingerprint density at radius 1 is 0.824 bits per heavy atom. The SMILES string of the molecule is O=C(COc1ccc(Cl)cc1)N1CCN(C(=O)C2CCCN(C(=O)Cc3ccccc3)C2)CC1. The Kier molecular flexibility index (Phi) is 8.06. The summed E-state index contributed by atoms with van der Waals surface area (Å²) in [4.78, 5) is 43.8. The van der Waals surface area contributed by atoms with Crippen molar-refractivity contribution in [2.45, 2.75) is 19.3 Å². The highest BCUT2D eigenvalue weighted by Crippen LogP contribution is 2.21. The number of carbonyl (C=O) groups excluding carboxylic acids is 3. The highest BCUT2D eigenvalue weighted by molar-refractivity contribution is 6.30. The van der Waals surface area contributed by atoms with Crippen molar-refractivity contribution in [1.82, 2.24) is 14.7 Å². The Labute approximate surface area is 205 Å². The Balaban J connectivity index is 1.22. The molecule has 2 saturated heterocycles. The Morgan fingerprint density at radius 3 is 2.21 bits per heavy atom. The smallest absolute Gasteiger partial charge is 0.260 e. The fourth-order valence-electron chi connectivity index (χ4n) is 4.49. The first-order valence-electron chi connectivity index (χ1n) is 11.8. The molecule has 2 heterocycles. The van der Waals surface area contributed by atoms with Crippen LogP contribution in [0.5, 0.6) is 5.75 Å². The minimum Gasteiger partial charge on any atom is -0.484 e. The van der Waals surface area contributed by atoms with Crippen molar-refractivity contribution >= 4 is 29.3 Å². The van der Waals surface area contributed by atoms with Crippen LogP contribution in [0.1, 0.15) is 18.4 Å². The van der Waals surface area contributed by atoms with E-state index in [0.29, 0.717) is 56.5 Å². The fourth-order valence-corrected chi connectivity index (χ4v) is 4.62. The molecule has 8 heteroatoms. The number of carbonyl (C=O) groups is 3. The van der Waals surface area contributed by atoms with Gasteiger partial charge in [0, 0.05) is 44.3 Å². The van der Waals surface area contributed by atoms with Gasteiger partial charge in [-0.2, -0.15) is 0 Å². The lowest BCUT2D eigenvalue weighted by molar-refractivity contribution is -0.145. The molecule has 34 heavy (non-hydrogen) atoms. The summed E-state index contributed by atoms with van der Waals surface area (Å²) < 4.78 is 5.55. The van der Waals surface area contributed by atoms with Crippen molar-refractivity contribution in [2.75, 3.05) is 45.9 Å². The third-order valence-corrected chi connectivity index (χ3v) is 6.69. The molecule has 4 rings (SSSR count). The molecule has 3 amide bonds. The van der Waals surface area contributed by atoms with Crippen LogP contribution in [0, 0.1) is 5.92 Å². The molecule has 2 aromatic rings. The van der Waals surface area contributed by atoms with Crippen molar-refractivity contribution in [2.24, 2.45) is 5.92 Å². The molecule has 180 valence electrons. The van der Waals surface area contributed by atoms with E-state index in [9.17, 15) is 14.4 Å². The molecule has 7 nitrogen and oxygen atoms in total. The van der Waals surface area contributed by atoms with Gasteiger partial charge in [-0.05, 0) is 42.7 Å². The maximum atomic E-state index is 13.1. The summed E-state index contributed by atoms with van der Waals surface area (Å²) in [5, 5.41) is 0.612. The van der Waals surface area contributed by atoms with Gasteiger partial charge in [0.05, 0.1) is 12.3 Å². The molecule has 0 aromatic heterocycles. The molecule has 0 saturated carbocycles. The minimum absolute atomic E-state index is 0.0450. The lowest BCUT2D eigenvalue weighted by Gasteiger charge is -2.39. The van der Waals surface area contributed by atoms with Crippen LogP contribution in [0.3, 0.4) is 0 Å². The number of rotatable bonds is 6. The lowest BCUT2D eigenvalue weighted by atomic mass is 9.95. The zero-order chi connectivity index (χ0) is 23.9. The molecule has 1 atom stereocenters. The van der Waals surface area contributed by atoms with E-state index in [2.05, 4.69) is 0 Å². The summed E-state index contributed by atoms with van der Waals surface area (Å²) in [6, 6.07) is 16.6. The predicted octanol–water partition coefficient (Wildman–Crippen LogP) is 2.87. The summed E-state index contributed by atoms with van der Waals surface area (Å²) in [5.74, 6) is 0.470. The van der Waals surface area contributed by atoms with Crippen molar-refractivity contribution in [1.29, 1.82) is 0 Å². The van der Waals surface area contributed by atoms with Crippen molar-refractivity contribution < 1.29 is 19.1 Å². The maximum Gasteiger partial charge on any atom is 0.260 e. The third kappa shape index (κ3) is 6.29. The van der Waals surface area contributed by atoms with E-state index < -0.39 is 0 Å². The van der Waals surface area contributed by atoms with Gasteiger partial charge in [0.1, 0.15) is 5.75 Å².